The third-order valence-electron chi connectivity index (χ3n) is 3.67. The lowest BCUT2D eigenvalue weighted by Gasteiger charge is -2.29. The molecule has 8 heteroatoms. The van der Waals surface area contributed by atoms with Crippen LogP contribution in [0.3, 0.4) is 0 Å². The van der Waals surface area contributed by atoms with E-state index in [0.717, 1.165) is 19.3 Å². The second-order valence-corrected chi connectivity index (χ2v) is 6.69. The fourth-order valence-corrected chi connectivity index (χ4v) is 3.15. The molecule has 0 spiro atoms. The maximum absolute atomic E-state index is 11.8. The van der Waals surface area contributed by atoms with Crippen molar-refractivity contribution in [2.45, 2.75) is 19.3 Å². The molecular formula is C13H20N4O3S. The molecule has 116 valence electrons. The van der Waals surface area contributed by atoms with Crippen molar-refractivity contribution in [3.63, 3.8) is 0 Å². The second-order valence-electron chi connectivity index (χ2n) is 5.15. The number of hydrogen-bond donors (Lipinski definition) is 2. The predicted molar refractivity (Wildman–Crippen MR) is 78.6 cm³/mol. The first-order valence-electron chi connectivity index (χ1n) is 6.94. The van der Waals surface area contributed by atoms with E-state index in [1.165, 1.54) is 4.31 Å². The smallest absolute Gasteiger partial charge is 0.276 e. The summed E-state index contributed by atoms with van der Waals surface area (Å²) < 4.78 is 23.7. The molecule has 1 fully saturated rings. The van der Waals surface area contributed by atoms with Gasteiger partial charge in [0, 0.05) is 25.8 Å². The lowest BCUT2D eigenvalue weighted by molar-refractivity contribution is 0.0945. The molecule has 1 aliphatic heterocycles. The van der Waals surface area contributed by atoms with Gasteiger partial charge < -0.3 is 5.32 Å². The quantitative estimate of drug-likeness (QED) is 0.805. The van der Waals surface area contributed by atoms with Gasteiger partial charge in [0.15, 0.2) is 0 Å². The van der Waals surface area contributed by atoms with Crippen LogP contribution < -0.4 is 10.5 Å². The van der Waals surface area contributed by atoms with E-state index in [2.05, 4.69) is 10.3 Å². The lowest BCUT2D eigenvalue weighted by Crippen LogP contribution is -2.42. The Bertz CT molecular complexity index is 568. The van der Waals surface area contributed by atoms with Gasteiger partial charge in [-0.3, -0.25) is 9.78 Å². The van der Waals surface area contributed by atoms with Crippen molar-refractivity contribution in [3.05, 3.63) is 30.1 Å². The Morgan fingerprint density at radius 2 is 2.10 bits per heavy atom. The number of carbonyl (C=O) groups excluding carboxylic acids is 1. The number of amides is 1. The number of carbonyl (C=O) groups is 1. The molecule has 0 saturated carbocycles. The van der Waals surface area contributed by atoms with Gasteiger partial charge in [0.1, 0.15) is 5.69 Å². The molecule has 1 aliphatic rings. The summed E-state index contributed by atoms with van der Waals surface area (Å²) in [5, 5.41) is 7.92. The number of nitrogens with zero attached hydrogens (tertiary/aromatic N) is 2. The highest BCUT2D eigenvalue weighted by molar-refractivity contribution is 7.86. The number of nitrogens with one attached hydrogen (secondary N) is 1. The summed E-state index contributed by atoms with van der Waals surface area (Å²) in [6.45, 7) is 1.48. The van der Waals surface area contributed by atoms with E-state index in [-0.39, 0.29) is 5.91 Å². The summed E-state index contributed by atoms with van der Waals surface area (Å²) in [5.74, 6) is 0.226. The summed E-state index contributed by atoms with van der Waals surface area (Å²) in [7, 11) is -3.56. The molecule has 2 heterocycles. The molecule has 1 aromatic rings. The summed E-state index contributed by atoms with van der Waals surface area (Å²) in [5.41, 5.74) is 0.404. The van der Waals surface area contributed by atoms with Crippen LogP contribution in [0.1, 0.15) is 29.8 Å². The van der Waals surface area contributed by atoms with Crippen molar-refractivity contribution in [1.82, 2.24) is 14.6 Å². The Hall–Kier alpha value is -1.51. The van der Waals surface area contributed by atoms with E-state index >= 15 is 0 Å². The molecule has 0 atom stereocenters. The van der Waals surface area contributed by atoms with E-state index < -0.39 is 10.2 Å². The highest BCUT2D eigenvalue weighted by Gasteiger charge is 2.25. The first kappa shape index (κ1) is 15.9. The Kier molecular flexibility index (Phi) is 5.27. The van der Waals surface area contributed by atoms with Gasteiger partial charge in [0.05, 0.1) is 0 Å². The zero-order valence-electron chi connectivity index (χ0n) is 11.7. The van der Waals surface area contributed by atoms with Crippen LogP contribution in [0.4, 0.5) is 0 Å². The number of piperidine rings is 1. The van der Waals surface area contributed by atoms with Gasteiger partial charge in [-0.1, -0.05) is 6.07 Å². The molecule has 21 heavy (non-hydrogen) atoms. The molecule has 3 N–H and O–H groups in total. The maximum Gasteiger partial charge on any atom is 0.276 e. The lowest BCUT2D eigenvalue weighted by atomic mass is 9.95. The zero-order chi connectivity index (χ0) is 15.3. The standard InChI is InChI=1S/C13H20N4O3S/c14-21(19,20)17-9-5-11(6-10-17)4-8-16-13(18)12-3-1-2-7-15-12/h1-3,7,11H,4-6,8-10H2,(H,16,18)(H2,14,19,20). The molecule has 2 rings (SSSR count). The fraction of sp³-hybridized carbons (Fsp3) is 0.538. The van der Waals surface area contributed by atoms with E-state index in [1.54, 1.807) is 24.4 Å². The molecule has 7 nitrogen and oxygen atoms in total. The first-order chi connectivity index (χ1) is 9.97. The second kappa shape index (κ2) is 6.97. The molecule has 0 radical (unpaired) electrons. The topological polar surface area (TPSA) is 105 Å². The summed E-state index contributed by atoms with van der Waals surface area (Å²) in [6, 6.07) is 5.20. The third-order valence-corrected chi connectivity index (χ3v) is 4.75. The third kappa shape index (κ3) is 4.76. The van der Waals surface area contributed by atoms with Crippen molar-refractivity contribution in [2.24, 2.45) is 11.1 Å². The van der Waals surface area contributed by atoms with Crippen LogP contribution in [0.2, 0.25) is 0 Å². The SMILES string of the molecule is NS(=O)(=O)N1CCC(CCNC(=O)c2ccccn2)CC1. The average Bonchev–Trinajstić information content (AvgIpc) is 2.47. The van der Waals surface area contributed by atoms with Gasteiger partial charge in [0.25, 0.3) is 16.1 Å². The van der Waals surface area contributed by atoms with Crippen molar-refractivity contribution in [3.8, 4) is 0 Å². The number of hydrogen-bond acceptors (Lipinski definition) is 4. The normalized spacial score (nSPS) is 17.6. The van der Waals surface area contributed by atoms with Gasteiger partial charge in [-0.2, -0.15) is 12.7 Å². The van der Waals surface area contributed by atoms with Crippen LogP contribution in [0.5, 0.6) is 0 Å². The minimum absolute atomic E-state index is 0.183. The Morgan fingerprint density at radius 3 is 2.67 bits per heavy atom. The van der Waals surface area contributed by atoms with E-state index in [1.807, 2.05) is 0 Å². The Morgan fingerprint density at radius 1 is 1.38 bits per heavy atom. The van der Waals surface area contributed by atoms with Crippen molar-refractivity contribution in [1.29, 1.82) is 0 Å². The van der Waals surface area contributed by atoms with Crippen LogP contribution in [0, 0.1) is 5.92 Å². The van der Waals surface area contributed by atoms with Crippen LogP contribution in [-0.2, 0) is 10.2 Å². The van der Waals surface area contributed by atoms with E-state index in [0.29, 0.717) is 31.2 Å². The maximum atomic E-state index is 11.8. The monoisotopic (exact) mass is 312 g/mol. The number of aromatic nitrogens is 1. The average molecular weight is 312 g/mol. The van der Waals surface area contributed by atoms with Gasteiger partial charge in [0.2, 0.25) is 0 Å². The van der Waals surface area contributed by atoms with Gasteiger partial charge in [-0.15, -0.1) is 0 Å². The fourth-order valence-electron chi connectivity index (χ4n) is 2.43. The molecule has 1 saturated heterocycles. The Balaban J connectivity index is 1.70. The number of pyridine rings is 1. The van der Waals surface area contributed by atoms with Crippen molar-refractivity contribution >= 4 is 16.1 Å². The van der Waals surface area contributed by atoms with E-state index in [9.17, 15) is 13.2 Å². The molecular weight excluding hydrogens is 292 g/mol. The molecule has 0 aliphatic carbocycles. The molecule has 1 aromatic heterocycles. The van der Waals surface area contributed by atoms with Gasteiger partial charge in [-0.05, 0) is 37.3 Å². The van der Waals surface area contributed by atoms with E-state index in [4.69, 9.17) is 5.14 Å². The Labute approximate surface area is 124 Å². The van der Waals surface area contributed by atoms with Crippen LogP contribution in [0.15, 0.2) is 24.4 Å². The van der Waals surface area contributed by atoms with Crippen LogP contribution in [0.25, 0.3) is 0 Å². The zero-order valence-corrected chi connectivity index (χ0v) is 12.6. The largest absolute Gasteiger partial charge is 0.351 e. The summed E-state index contributed by atoms with van der Waals surface area (Å²) in [4.78, 5) is 15.8. The van der Waals surface area contributed by atoms with Crippen LogP contribution in [-0.4, -0.2) is 43.2 Å². The minimum Gasteiger partial charge on any atom is -0.351 e. The van der Waals surface area contributed by atoms with Crippen molar-refractivity contribution < 1.29 is 13.2 Å². The predicted octanol–water partition coefficient (Wildman–Crippen LogP) is 0.117. The van der Waals surface area contributed by atoms with Gasteiger partial charge in [-0.25, -0.2) is 5.14 Å². The molecule has 0 bridgehead atoms. The number of nitrogens with two attached hydrogens (primary N) is 1. The highest BCUT2D eigenvalue weighted by Crippen LogP contribution is 2.20. The summed E-state index contributed by atoms with van der Waals surface area (Å²) in [6.07, 6.45) is 3.96. The molecule has 1 amide bonds. The van der Waals surface area contributed by atoms with Crippen LogP contribution >= 0.6 is 0 Å². The van der Waals surface area contributed by atoms with Crippen molar-refractivity contribution in [2.75, 3.05) is 19.6 Å². The number of rotatable bonds is 5. The van der Waals surface area contributed by atoms with Gasteiger partial charge >= 0.3 is 0 Å². The molecule has 0 unspecified atom stereocenters. The first-order valence-corrected chi connectivity index (χ1v) is 8.44. The summed E-state index contributed by atoms with van der Waals surface area (Å²) >= 11 is 0. The minimum atomic E-state index is -3.56. The highest BCUT2D eigenvalue weighted by atomic mass is 32.2. The molecule has 0 aromatic carbocycles.